The zero-order valence-electron chi connectivity index (χ0n) is 15.7. The number of anilines is 1. The SMILES string of the molecule is C[C@@H](Nc1ccc(C(=O)N2CCC(Oc3cccnc3)CC2)cn1)C1CC1. The van der Waals surface area contributed by atoms with E-state index in [0.717, 1.165) is 30.3 Å². The van der Waals surface area contributed by atoms with E-state index >= 15 is 0 Å². The molecule has 0 unspecified atom stereocenters. The van der Waals surface area contributed by atoms with Gasteiger partial charge in [-0.2, -0.15) is 0 Å². The number of carbonyl (C=O) groups excluding carboxylic acids is 1. The molecular weight excluding hydrogens is 340 g/mol. The Kier molecular flexibility index (Phi) is 5.23. The molecule has 1 aliphatic carbocycles. The first-order valence-corrected chi connectivity index (χ1v) is 9.77. The van der Waals surface area contributed by atoms with E-state index < -0.39 is 0 Å². The van der Waals surface area contributed by atoms with Crippen molar-refractivity contribution in [3.8, 4) is 5.75 Å². The number of ether oxygens (including phenoxy) is 1. The third-order valence-corrected chi connectivity index (χ3v) is 5.38. The molecule has 1 saturated carbocycles. The Balaban J connectivity index is 1.28. The molecule has 1 amide bonds. The van der Waals surface area contributed by atoms with Crippen LogP contribution in [-0.4, -0.2) is 46.0 Å². The summed E-state index contributed by atoms with van der Waals surface area (Å²) in [4.78, 5) is 23.1. The van der Waals surface area contributed by atoms with E-state index in [4.69, 9.17) is 4.74 Å². The molecule has 27 heavy (non-hydrogen) atoms. The van der Waals surface area contributed by atoms with Gasteiger partial charge in [-0.25, -0.2) is 4.98 Å². The largest absolute Gasteiger partial charge is 0.489 e. The van der Waals surface area contributed by atoms with Gasteiger partial charge in [0.15, 0.2) is 0 Å². The molecule has 1 aliphatic heterocycles. The minimum Gasteiger partial charge on any atom is -0.489 e. The number of likely N-dealkylation sites (tertiary alicyclic amines) is 1. The van der Waals surface area contributed by atoms with Gasteiger partial charge in [0.1, 0.15) is 17.7 Å². The molecule has 1 saturated heterocycles. The number of amides is 1. The standard InChI is InChI=1S/C21H26N4O2/c1-15(16-4-5-16)24-20-7-6-17(13-23-20)21(26)25-11-8-18(9-12-25)27-19-3-2-10-22-14-19/h2-3,6-7,10,13-16,18H,4-5,8-9,11-12H2,1H3,(H,23,24)/t15-/m1/s1. The number of pyridine rings is 2. The molecule has 3 heterocycles. The van der Waals surface area contributed by atoms with Crippen molar-refractivity contribution in [3.63, 3.8) is 0 Å². The molecule has 4 rings (SSSR count). The van der Waals surface area contributed by atoms with Crippen LogP contribution in [0.2, 0.25) is 0 Å². The summed E-state index contributed by atoms with van der Waals surface area (Å²) >= 11 is 0. The van der Waals surface area contributed by atoms with Crippen molar-refractivity contribution in [2.24, 2.45) is 5.92 Å². The zero-order valence-corrected chi connectivity index (χ0v) is 15.7. The Bertz CT molecular complexity index is 754. The number of piperidine rings is 1. The van der Waals surface area contributed by atoms with Crippen LogP contribution < -0.4 is 10.1 Å². The lowest BCUT2D eigenvalue weighted by Gasteiger charge is -2.32. The van der Waals surface area contributed by atoms with Crippen LogP contribution >= 0.6 is 0 Å². The number of nitrogens with zero attached hydrogens (tertiary/aromatic N) is 3. The van der Waals surface area contributed by atoms with Gasteiger partial charge in [0.25, 0.3) is 5.91 Å². The number of hydrogen-bond acceptors (Lipinski definition) is 5. The minimum atomic E-state index is 0.0455. The third kappa shape index (κ3) is 4.56. The zero-order chi connectivity index (χ0) is 18.6. The predicted octanol–water partition coefficient (Wildman–Crippen LogP) is 3.37. The lowest BCUT2D eigenvalue weighted by atomic mass is 10.1. The van der Waals surface area contributed by atoms with Crippen LogP contribution in [0.4, 0.5) is 5.82 Å². The topological polar surface area (TPSA) is 67.4 Å². The van der Waals surface area contributed by atoms with Gasteiger partial charge in [-0.3, -0.25) is 9.78 Å². The van der Waals surface area contributed by atoms with Gasteiger partial charge in [0.2, 0.25) is 0 Å². The van der Waals surface area contributed by atoms with Gasteiger partial charge in [-0.05, 0) is 49.9 Å². The lowest BCUT2D eigenvalue weighted by Crippen LogP contribution is -2.41. The highest BCUT2D eigenvalue weighted by Crippen LogP contribution is 2.33. The van der Waals surface area contributed by atoms with Gasteiger partial charge < -0.3 is 15.0 Å². The molecule has 0 aromatic carbocycles. The van der Waals surface area contributed by atoms with Crippen molar-refractivity contribution in [1.29, 1.82) is 0 Å². The van der Waals surface area contributed by atoms with E-state index in [1.54, 1.807) is 18.6 Å². The Hall–Kier alpha value is -2.63. The first-order chi connectivity index (χ1) is 13.2. The summed E-state index contributed by atoms with van der Waals surface area (Å²) in [7, 11) is 0. The number of aromatic nitrogens is 2. The molecule has 1 atom stereocenters. The van der Waals surface area contributed by atoms with E-state index in [-0.39, 0.29) is 12.0 Å². The summed E-state index contributed by atoms with van der Waals surface area (Å²) in [6, 6.07) is 8.00. The quantitative estimate of drug-likeness (QED) is 0.849. The van der Waals surface area contributed by atoms with Crippen LogP contribution in [-0.2, 0) is 0 Å². The maximum absolute atomic E-state index is 12.7. The normalized spacial score (nSPS) is 18.8. The minimum absolute atomic E-state index is 0.0455. The average Bonchev–Trinajstić information content (AvgIpc) is 3.55. The Morgan fingerprint density at radius 1 is 1.19 bits per heavy atom. The van der Waals surface area contributed by atoms with E-state index in [9.17, 15) is 4.79 Å². The maximum atomic E-state index is 12.7. The molecule has 6 heteroatoms. The molecule has 1 N–H and O–H groups in total. The lowest BCUT2D eigenvalue weighted by molar-refractivity contribution is 0.0594. The van der Waals surface area contributed by atoms with Crippen molar-refractivity contribution in [2.75, 3.05) is 18.4 Å². The van der Waals surface area contributed by atoms with Crippen LogP contribution in [0, 0.1) is 5.92 Å². The Morgan fingerprint density at radius 2 is 2.00 bits per heavy atom. The molecule has 0 spiro atoms. The second kappa shape index (κ2) is 7.94. The molecule has 6 nitrogen and oxygen atoms in total. The van der Waals surface area contributed by atoms with Gasteiger partial charge in [-0.1, -0.05) is 0 Å². The van der Waals surface area contributed by atoms with Gasteiger partial charge in [0, 0.05) is 44.4 Å². The summed E-state index contributed by atoms with van der Waals surface area (Å²) in [6.45, 7) is 3.58. The average molecular weight is 366 g/mol. The third-order valence-electron chi connectivity index (χ3n) is 5.38. The predicted molar refractivity (Wildman–Crippen MR) is 104 cm³/mol. The second-order valence-corrected chi connectivity index (χ2v) is 7.50. The summed E-state index contributed by atoms with van der Waals surface area (Å²) in [5, 5.41) is 3.42. The molecule has 2 fully saturated rings. The van der Waals surface area contributed by atoms with Crippen LogP contribution in [0.25, 0.3) is 0 Å². The van der Waals surface area contributed by atoms with E-state index in [1.807, 2.05) is 29.2 Å². The summed E-state index contributed by atoms with van der Waals surface area (Å²) < 4.78 is 5.95. The van der Waals surface area contributed by atoms with Gasteiger partial charge in [0.05, 0.1) is 11.8 Å². The van der Waals surface area contributed by atoms with E-state index in [2.05, 4.69) is 22.2 Å². The first kappa shape index (κ1) is 17.8. The van der Waals surface area contributed by atoms with E-state index in [1.165, 1.54) is 12.8 Å². The van der Waals surface area contributed by atoms with Crippen molar-refractivity contribution in [2.45, 2.75) is 44.8 Å². The number of nitrogens with one attached hydrogen (secondary N) is 1. The fourth-order valence-electron chi connectivity index (χ4n) is 3.52. The highest BCUT2D eigenvalue weighted by molar-refractivity contribution is 5.94. The highest BCUT2D eigenvalue weighted by atomic mass is 16.5. The Labute approximate surface area is 160 Å². The van der Waals surface area contributed by atoms with Crippen molar-refractivity contribution >= 4 is 11.7 Å². The summed E-state index contributed by atoms with van der Waals surface area (Å²) in [5.41, 5.74) is 0.645. The fourth-order valence-corrected chi connectivity index (χ4v) is 3.52. The molecule has 0 bridgehead atoms. The van der Waals surface area contributed by atoms with E-state index in [0.29, 0.717) is 24.7 Å². The van der Waals surface area contributed by atoms with Crippen LogP contribution in [0.5, 0.6) is 5.75 Å². The number of carbonyl (C=O) groups is 1. The fraction of sp³-hybridized carbons (Fsp3) is 0.476. The first-order valence-electron chi connectivity index (χ1n) is 9.77. The molecule has 2 aromatic rings. The molecule has 2 aromatic heterocycles. The van der Waals surface area contributed by atoms with Crippen LogP contribution in [0.15, 0.2) is 42.9 Å². The highest BCUT2D eigenvalue weighted by Gasteiger charge is 2.28. The molecule has 0 radical (unpaired) electrons. The van der Waals surface area contributed by atoms with Crippen molar-refractivity contribution in [1.82, 2.24) is 14.9 Å². The molecule has 142 valence electrons. The van der Waals surface area contributed by atoms with Gasteiger partial charge in [-0.15, -0.1) is 0 Å². The van der Waals surface area contributed by atoms with Gasteiger partial charge >= 0.3 is 0 Å². The van der Waals surface area contributed by atoms with Crippen molar-refractivity contribution in [3.05, 3.63) is 48.4 Å². The molecule has 2 aliphatic rings. The maximum Gasteiger partial charge on any atom is 0.255 e. The number of rotatable bonds is 6. The number of hydrogen-bond donors (Lipinski definition) is 1. The monoisotopic (exact) mass is 366 g/mol. The summed E-state index contributed by atoms with van der Waals surface area (Å²) in [5.74, 6) is 2.44. The Morgan fingerprint density at radius 3 is 2.63 bits per heavy atom. The van der Waals surface area contributed by atoms with Crippen LogP contribution in [0.1, 0.15) is 43.0 Å². The summed E-state index contributed by atoms with van der Waals surface area (Å²) in [6.07, 6.45) is 9.52. The molecular formula is C21H26N4O2. The van der Waals surface area contributed by atoms with Crippen molar-refractivity contribution < 1.29 is 9.53 Å². The second-order valence-electron chi connectivity index (χ2n) is 7.50. The van der Waals surface area contributed by atoms with Crippen LogP contribution in [0.3, 0.4) is 0 Å². The smallest absolute Gasteiger partial charge is 0.255 e.